The molecule has 7 nitrogen and oxygen atoms in total. The van der Waals surface area contributed by atoms with E-state index in [1.54, 1.807) is 17.0 Å². The summed E-state index contributed by atoms with van der Waals surface area (Å²) < 4.78 is 45.5. The fourth-order valence-corrected chi connectivity index (χ4v) is 4.26. The number of rotatable bonds is 6. The Balaban J connectivity index is 1.46. The summed E-state index contributed by atoms with van der Waals surface area (Å²) in [6.07, 6.45) is 1.39. The molecular weight excluding hydrogens is 397 g/mol. The predicted octanol–water partition coefficient (Wildman–Crippen LogP) is 3.06. The molecule has 1 saturated heterocycles. The number of sulfonamides is 1. The molecule has 0 aromatic heterocycles. The first kappa shape index (κ1) is 21.1. The molecule has 2 aromatic carbocycles. The van der Waals surface area contributed by atoms with Crippen molar-refractivity contribution in [2.75, 3.05) is 32.1 Å². The summed E-state index contributed by atoms with van der Waals surface area (Å²) in [4.78, 5) is 14.2. The van der Waals surface area contributed by atoms with E-state index in [1.165, 1.54) is 43.5 Å². The summed E-state index contributed by atoms with van der Waals surface area (Å²) in [6.45, 7) is 1.38. The lowest BCUT2D eigenvalue weighted by molar-refractivity contribution is 0.183. The molecule has 1 aliphatic rings. The van der Waals surface area contributed by atoms with Gasteiger partial charge in [0.05, 0.1) is 12.0 Å². The monoisotopic (exact) mass is 421 g/mol. The van der Waals surface area contributed by atoms with Crippen LogP contribution in [0.2, 0.25) is 0 Å². The minimum atomic E-state index is -3.59. The number of methoxy groups -OCH3 is 1. The normalized spacial score (nSPS) is 15.2. The van der Waals surface area contributed by atoms with E-state index in [0.717, 1.165) is 0 Å². The molecule has 0 radical (unpaired) electrons. The topological polar surface area (TPSA) is 87.7 Å². The maximum atomic E-state index is 12.9. The zero-order valence-electron chi connectivity index (χ0n) is 16.1. The maximum absolute atomic E-state index is 12.9. The third kappa shape index (κ3) is 5.68. The van der Waals surface area contributed by atoms with Crippen molar-refractivity contribution in [2.24, 2.45) is 5.92 Å². The molecule has 1 fully saturated rings. The maximum Gasteiger partial charge on any atom is 0.321 e. The standard InChI is InChI=1S/C20H24FN3O4S/c1-28-18-6-8-19(9-7-18)29(26,27)22-14-15-10-12-24(13-11-15)20(25)23-17-4-2-16(21)3-5-17/h2-9,15,22H,10-14H2,1H3,(H,23,25). The molecule has 0 bridgehead atoms. The highest BCUT2D eigenvalue weighted by molar-refractivity contribution is 7.89. The zero-order chi connectivity index (χ0) is 20.9. The second-order valence-corrected chi connectivity index (χ2v) is 8.66. The van der Waals surface area contributed by atoms with Crippen molar-refractivity contribution in [1.29, 1.82) is 0 Å². The number of urea groups is 1. The number of halogens is 1. The summed E-state index contributed by atoms with van der Waals surface area (Å²) in [6, 6.07) is 11.6. The number of benzene rings is 2. The predicted molar refractivity (Wildman–Crippen MR) is 108 cm³/mol. The van der Waals surface area contributed by atoms with E-state index in [1.807, 2.05) is 0 Å². The molecular formula is C20H24FN3O4S. The van der Waals surface area contributed by atoms with Crippen molar-refractivity contribution in [3.63, 3.8) is 0 Å². The van der Waals surface area contributed by atoms with E-state index in [0.29, 0.717) is 43.9 Å². The van der Waals surface area contributed by atoms with Crippen LogP contribution in [0.1, 0.15) is 12.8 Å². The lowest BCUT2D eigenvalue weighted by Gasteiger charge is -2.32. The smallest absolute Gasteiger partial charge is 0.321 e. The number of nitrogens with one attached hydrogen (secondary N) is 2. The van der Waals surface area contributed by atoms with Gasteiger partial charge in [0.1, 0.15) is 11.6 Å². The number of ether oxygens (including phenoxy) is 1. The largest absolute Gasteiger partial charge is 0.497 e. The number of anilines is 1. The molecule has 9 heteroatoms. The van der Waals surface area contributed by atoms with Crippen molar-refractivity contribution in [3.8, 4) is 5.75 Å². The highest BCUT2D eigenvalue weighted by Crippen LogP contribution is 2.20. The van der Waals surface area contributed by atoms with Crippen molar-refractivity contribution in [1.82, 2.24) is 9.62 Å². The number of amides is 2. The lowest BCUT2D eigenvalue weighted by atomic mass is 9.97. The Morgan fingerprint density at radius 3 is 2.31 bits per heavy atom. The van der Waals surface area contributed by atoms with Crippen LogP contribution >= 0.6 is 0 Å². The molecule has 0 atom stereocenters. The Kier molecular flexibility index (Phi) is 6.71. The van der Waals surface area contributed by atoms with E-state index in [-0.39, 0.29) is 22.7 Å². The van der Waals surface area contributed by atoms with Gasteiger partial charge in [-0.3, -0.25) is 0 Å². The van der Waals surface area contributed by atoms with Gasteiger partial charge < -0.3 is 15.0 Å². The average Bonchev–Trinajstić information content (AvgIpc) is 2.74. The van der Waals surface area contributed by atoms with Crippen molar-refractivity contribution in [3.05, 3.63) is 54.3 Å². The van der Waals surface area contributed by atoms with Gasteiger partial charge in [-0.05, 0) is 67.3 Å². The minimum absolute atomic E-state index is 0.151. The van der Waals surface area contributed by atoms with Crippen LogP contribution in [0.5, 0.6) is 5.75 Å². The van der Waals surface area contributed by atoms with E-state index in [4.69, 9.17) is 4.74 Å². The lowest BCUT2D eigenvalue weighted by Crippen LogP contribution is -2.43. The van der Waals surface area contributed by atoms with Crippen molar-refractivity contribution >= 4 is 21.7 Å². The summed E-state index contributed by atoms with van der Waals surface area (Å²) in [5, 5.41) is 2.74. The van der Waals surface area contributed by atoms with Gasteiger partial charge in [-0.2, -0.15) is 0 Å². The van der Waals surface area contributed by atoms with Gasteiger partial charge in [-0.15, -0.1) is 0 Å². The summed E-state index contributed by atoms with van der Waals surface area (Å²) >= 11 is 0. The van der Waals surface area contributed by atoms with E-state index < -0.39 is 10.0 Å². The number of carbonyl (C=O) groups excluding carboxylic acids is 1. The highest BCUT2D eigenvalue weighted by atomic mass is 32.2. The molecule has 3 rings (SSSR count). The van der Waals surface area contributed by atoms with Crippen LogP contribution in [0, 0.1) is 11.7 Å². The fraction of sp³-hybridized carbons (Fsp3) is 0.350. The van der Waals surface area contributed by atoms with Gasteiger partial charge in [0.15, 0.2) is 0 Å². The third-order valence-corrected chi connectivity index (χ3v) is 6.37. The Morgan fingerprint density at radius 1 is 1.10 bits per heavy atom. The van der Waals surface area contributed by atoms with Gasteiger partial charge in [-0.1, -0.05) is 0 Å². The second kappa shape index (κ2) is 9.23. The molecule has 1 aliphatic heterocycles. The van der Waals surface area contributed by atoms with Gasteiger partial charge in [0.25, 0.3) is 0 Å². The molecule has 2 amide bonds. The quantitative estimate of drug-likeness (QED) is 0.751. The van der Waals surface area contributed by atoms with E-state index >= 15 is 0 Å². The van der Waals surface area contributed by atoms with Crippen LogP contribution in [0.25, 0.3) is 0 Å². The zero-order valence-corrected chi connectivity index (χ0v) is 16.9. The van der Waals surface area contributed by atoms with Gasteiger partial charge in [0.2, 0.25) is 10.0 Å². The van der Waals surface area contributed by atoms with Crippen LogP contribution in [0.3, 0.4) is 0 Å². The fourth-order valence-electron chi connectivity index (χ4n) is 3.14. The number of hydrogen-bond acceptors (Lipinski definition) is 4. The molecule has 2 N–H and O–H groups in total. The van der Waals surface area contributed by atoms with Crippen LogP contribution in [0.4, 0.5) is 14.9 Å². The van der Waals surface area contributed by atoms with Crippen LogP contribution < -0.4 is 14.8 Å². The summed E-state index contributed by atoms with van der Waals surface area (Å²) in [5.41, 5.74) is 0.533. The Hall–Kier alpha value is -2.65. The Bertz CT molecular complexity index is 925. The molecule has 156 valence electrons. The second-order valence-electron chi connectivity index (χ2n) is 6.89. The number of carbonyl (C=O) groups is 1. The highest BCUT2D eigenvalue weighted by Gasteiger charge is 2.24. The van der Waals surface area contributed by atoms with Crippen molar-refractivity contribution in [2.45, 2.75) is 17.7 Å². The molecule has 0 aliphatic carbocycles. The first-order chi connectivity index (χ1) is 13.9. The van der Waals surface area contributed by atoms with Gasteiger partial charge >= 0.3 is 6.03 Å². The summed E-state index contributed by atoms with van der Waals surface area (Å²) in [7, 11) is -2.07. The van der Waals surface area contributed by atoms with Crippen LogP contribution in [-0.2, 0) is 10.0 Å². The van der Waals surface area contributed by atoms with Gasteiger partial charge in [-0.25, -0.2) is 22.3 Å². The third-order valence-electron chi connectivity index (χ3n) is 4.93. The SMILES string of the molecule is COc1ccc(S(=O)(=O)NCC2CCN(C(=O)Nc3ccc(F)cc3)CC2)cc1. The molecule has 0 unspecified atom stereocenters. The molecule has 0 saturated carbocycles. The van der Waals surface area contributed by atoms with Gasteiger partial charge in [0, 0.05) is 25.3 Å². The Morgan fingerprint density at radius 2 is 1.72 bits per heavy atom. The number of piperidine rings is 1. The summed E-state index contributed by atoms with van der Waals surface area (Å²) in [5.74, 6) is 0.383. The van der Waals surface area contributed by atoms with Crippen LogP contribution in [-0.4, -0.2) is 46.1 Å². The first-order valence-electron chi connectivity index (χ1n) is 9.32. The van der Waals surface area contributed by atoms with E-state index in [2.05, 4.69) is 10.0 Å². The van der Waals surface area contributed by atoms with Crippen molar-refractivity contribution < 1.29 is 22.3 Å². The van der Waals surface area contributed by atoms with E-state index in [9.17, 15) is 17.6 Å². The molecule has 0 spiro atoms. The Labute approximate surface area is 169 Å². The number of hydrogen-bond donors (Lipinski definition) is 2. The number of nitrogens with zero attached hydrogens (tertiary/aromatic N) is 1. The molecule has 29 heavy (non-hydrogen) atoms. The molecule has 1 heterocycles. The molecule has 2 aromatic rings. The number of likely N-dealkylation sites (tertiary alicyclic amines) is 1. The van der Waals surface area contributed by atoms with Crippen LogP contribution in [0.15, 0.2) is 53.4 Å². The minimum Gasteiger partial charge on any atom is -0.497 e. The average molecular weight is 421 g/mol. The first-order valence-corrected chi connectivity index (χ1v) is 10.8.